The summed E-state index contributed by atoms with van der Waals surface area (Å²) >= 11 is 1.74. The van der Waals surface area contributed by atoms with Crippen LogP contribution in [0.4, 0.5) is 4.39 Å². The second-order valence-corrected chi connectivity index (χ2v) is 5.29. The van der Waals surface area contributed by atoms with Gasteiger partial charge < -0.3 is 4.90 Å². The van der Waals surface area contributed by atoms with Gasteiger partial charge in [0.15, 0.2) is 0 Å². The Kier molecular flexibility index (Phi) is 3.31. The van der Waals surface area contributed by atoms with E-state index in [4.69, 9.17) is 0 Å². The first-order chi connectivity index (χ1) is 6.83. The van der Waals surface area contributed by atoms with Gasteiger partial charge in [-0.3, -0.25) is 4.79 Å². The van der Waals surface area contributed by atoms with Gasteiger partial charge in [0.25, 0.3) is 0 Å². The van der Waals surface area contributed by atoms with Crippen LogP contribution in [-0.2, 0) is 4.79 Å². The molecule has 4 heteroatoms. The highest BCUT2D eigenvalue weighted by atomic mass is 32.2. The first-order valence-corrected chi connectivity index (χ1v) is 6.36. The Morgan fingerprint density at radius 2 is 2.29 bits per heavy atom. The summed E-state index contributed by atoms with van der Waals surface area (Å²) in [6, 6.07) is -0.122. The van der Waals surface area contributed by atoms with Gasteiger partial charge in [-0.25, -0.2) is 4.39 Å². The minimum Gasteiger partial charge on any atom is -0.336 e. The zero-order chi connectivity index (χ0) is 9.97. The fourth-order valence-electron chi connectivity index (χ4n) is 2.24. The summed E-state index contributed by atoms with van der Waals surface area (Å²) in [5.41, 5.74) is 0. The number of hydrogen-bond acceptors (Lipinski definition) is 2. The number of hydrogen-bond donors (Lipinski definition) is 0. The van der Waals surface area contributed by atoms with Gasteiger partial charge in [0.05, 0.1) is 11.3 Å². The standard InChI is InChI=1S/C10H16FNOS/c11-7-8-3-1-5-12(8)10(13)9-4-2-6-14-9/h8-9H,1-7H2/t8-,9+/m0/s1. The SMILES string of the molecule is O=C([C@H]1CCCS1)N1CCC[C@H]1CF. The zero-order valence-electron chi connectivity index (χ0n) is 8.25. The largest absolute Gasteiger partial charge is 0.336 e. The molecule has 2 saturated heterocycles. The third kappa shape index (κ3) is 1.90. The lowest BCUT2D eigenvalue weighted by Gasteiger charge is -2.25. The zero-order valence-corrected chi connectivity index (χ0v) is 9.06. The van der Waals surface area contributed by atoms with Crippen LogP contribution >= 0.6 is 11.8 Å². The van der Waals surface area contributed by atoms with Crippen LogP contribution in [0.5, 0.6) is 0 Å². The molecular weight excluding hydrogens is 201 g/mol. The molecule has 2 heterocycles. The Morgan fingerprint density at radius 3 is 2.93 bits per heavy atom. The molecule has 2 nitrogen and oxygen atoms in total. The van der Waals surface area contributed by atoms with Crippen molar-refractivity contribution in [2.75, 3.05) is 19.0 Å². The number of nitrogens with zero attached hydrogens (tertiary/aromatic N) is 1. The molecule has 14 heavy (non-hydrogen) atoms. The molecular formula is C10H16FNOS. The molecule has 1 amide bonds. The van der Waals surface area contributed by atoms with Crippen LogP contribution in [0.1, 0.15) is 25.7 Å². The van der Waals surface area contributed by atoms with E-state index in [9.17, 15) is 9.18 Å². The lowest BCUT2D eigenvalue weighted by Crippen LogP contribution is -2.41. The fourth-order valence-corrected chi connectivity index (χ4v) is 3.47. The van der Waals surface area contributed by atoms with Gasteiger partial charge in [0, 0.05) is 6.54 Å². The van der Waals surface area contributed by atoms with Crippen molar-refractivity contribution < 1.29 is 9.18 Å². The number of alkyl halides is 1. The van der Waals surface area contributed by atoms with E-state index < -0.39 is 0 Å². The maximum absolute atomic E-state index is 12.6. The maximum Gasteiger partial charge on any atom is 0.236 e. The van der Waals surface area contributed by atoms with Crippen LogP contribution in [0.2, 0.25) is 0 Å². The van der Waals surface area contributed by atoms with E-state index in [1.165, 1.54) is 0 Å². The van der Waals surface area contributed by atoms with Gasteiger partial charge in [0.1, 0.15) is 6.67 Å². The molecule has 0 aromatic carbocycles. The van der Waals surface area contributed by atoms with E-state index in [1.807, 2.05) is 0 Å². The van der Waals surface area contributed by atoms with E-state index >= 15 is 0 Å². The molecule has 2 fully saturated rings. The van der Waals surface area contributed by atoms with E-state index in [0.29, 0.717) is 0 Å². The smallest absolute Gasteiger partial charge is 0.236 e. The van der Waals surface area contributed by atoms with Gasteiger partial charge >= 0.3 is 0 Å². The monoisotopic (exact) mass is 217 g/mol. The Bertz CT molecular complexity index is 218. The van der Waals surface area contributed by atoms with Crippen molar-refractivity contribution in [1.82, 2.24) is 4.90 Å². The highest BCUT2D eigenvalue weighted by Gasteiger charge is 2.34. The summed E-state index contributed by atoms with van der Waals surface area (Å²) in [5.74, 6) is 1.28. The number of amides is 1. The summed E-state index contributed by atoms with van der Waals surface area (Å²) < 4.78 is 12.6. The van der Waals surface area contributed by atoms with Gasteiger partial charge in [0.2, 0.25) is 5.91 Å². The lowest BCUT2D eigenvalue weighted by molar-refractivity contribution is -0.131. The third-order valence-electron chi connectivity index (χ3n) is 3.04. The normalized spacial score (nSPS) is 32.5. The van der Waals surface area contributed by atoms with Crippen LogP contribution < -0.4 is 0 Å². The van der Waals surface area contributed by atoms with Crippen molar-refractivity contribution in [3.8, 4) is 0 Å². The molecule has 0 unspecified atom stereocenters. The van der Waals surface area contributed by atoms with Crippen molar-refractivity contribution in [1.29, 1.82) is 0 Å². The van der Waals surface area contributed by atoms with Crippen molar-refractivity contribution in [2.45, 2.75) is 37.0 Å². The first-order valence-electron chi connectivity index (χ1n) is 5.31. The Balaban J connectivity index is 1.95. The molecule has 0 aromatic rings. The molecule has 0 aromatic heterocycles. The van der Waals surface area contributed by atoms with Gasteiger partial charge in [-0.1, -0.05) is 0 Å². The lowest BCUT2D eigenvalue weighted by atomic mass is 10.2. The number of halogens is 1. The highest BCUT2D eigenvalue weighted by Crippen LogP contribution is 2.30. The number of rotatable bonds is 2. The topological polar surface area (TPSA) is 20.3 Å². The average Bonchev–Trinajstić information content (AvgIpc) is 2.87. The molecule has 0 N–H and O–H groups in total. The third-order valence-corrected chi connectivity index (χ3v) is 4.41. The number of carbonyl (C=O) groups is 1. The van der Waals surface area contributed by atoms with Crippen LogP contribution in [0.3, 0.4) is 0 Å². The van der Waals surface area contributed by atoms with E-state index in [2.05, 4.69) is 0 Å². The predicted molar refractivity (Wildman–Crippen MR) is 56.2 cm³/mol. The number of carbonyl (C=O) groups excluding carboxylic acids is 1. The van der Waals surface area contributed by atoms with Gasteiger partial charge in [-0.15, -0.1) is 11.8 Å². The first kappa shape index (κ1) is 10.3. The minimum atomic E-state index is -0.372. The summed E-state index contributed by atoms with van der Waals surface area (Å²) in [4.78, 5) is 13.7. The molecule has 2 atom stereocenters. The molecule has 0 radical (unpaired) electrons. The van der Waals surface area contributed by atoms with E-state index in [0.717, 1.165) is 38.0 Å². The Hall–Kier alpha value is -0.250. The van der Waals surface area contributed by atoms with E-state index in [-0.39, 0.29) is 23.9 Å². The van der Waals surface area contributed by atoms with E-state index in [1.54, 1.807) is 16.7 Å². The number of thioether (sulfide) groups is 1. The van der Waals surface area contributed by atoms with Crippen LogP contribution in [-0.4, -0.2) is 41.1 Å². The molecule has 80 valence electrons. The number of likely N-dealkylation sites (tertiary alicyclic amines) is 1. The average molecular weight is 217 g/mol. The van der Waals surface area contributed by atoms with Crippen LogP contribution in [0, 0.1) is 0 Å². The summed E-state index contributed by atoms with van der Waals surface area (Å²) in [7, 11) is 0. The van der Waals surface area contributed by atoms with Crippen molar-refractivity contribution in [3.63, 3.8) is 0 Å². The van der Waals surface area contributed by atoms with Crippen molar-refractivity contribution in [3.05, 3.63) is 0 Å². The predicted octanol–water partition coefficient (Wildman–Crippen LogP) is 1.84. The molecule has 0 saturated carbocycles. The molecule has 2 rings (SSSR count). The van der Waals surface area contributed by atoms with Crippen LogP contribution in [0.15, 0.2) is 0 Å². The second kappa shape index (κ2) is 4.51. The summed E-state index contributed by atoms with van der Waals surface area (Å²) in [6.45, 7) is 0.396. The molecule has 2 aliphatic heterocycles. The molecule has 2 aliphatic rings. The van der Waals surface area contributed by atoms with Gasteiger partial charge in [-0.2, -0.15) is 0 Å². The fraction of sp³-hybridized carbons (Fsp3) is 0.900. The van der Waals surface area contributed by atoms with Crippen molar-refractivity contribution >= 4 is 17.7 Å². The minimum absolute atomic E-state index is 0.122. The quantitative estimate of drug-likeness (QED) is 0.703. The maximum atomic E-state index is 12.6. The molecule has 0 aliphatic carbocycles. The summed E-state index contributed by atoms with van der Waals surface area (Å²) in [6.07, 6.45) is 3.94. The summed E-state index contributed by atoms with van der Waals surface area (Å²) in [5, 5.41) is 0.127. The highest BCUT2D eigenvalue weighted by molar-refractivity contribution is 8.00. The Labute approximate surface area is 88.2 Å². The van der Waals surface area contributed by atoms with Gasteiger partial charge in [-0.05, 0) is 31.4 Å². The second-order valence-electron chi connectivity index (χ2n) is 3.98. The van der Waals surface area contributed by atoms with Crippen LogP contribution in [0.25, 0.3) is 0 Å². The Morgan fingerprint density at radius 1 is 1.43 bits per heavy atom. The molecule has 0 bridgehead atoms. The molecule has 0 spiro atoms. The van der Waals surface area contributed by atoms with Crippen molar-refractivity contribution in [2.24, 2.45) is 0 Å².